The Balaban J connectivity index is 3.60. The Morgan fingerprint density at radius 1 is 1.40 bits per heavy atom. The zero-order valence-electron chi connectivity index (χ0n) is 7.39. The van der Waals surface area contributed by atoms with Crippen LogP contribution in [-0.4, -0.2) is 31.7 Å². The Labute approximate surface area is 63.5 Å². The van der Waals surface area contributed by atoms with Gasteiger partial charge in [-0.15, -0.1) is 0 Å². The summed E-state index contributed by atoms with van der Waals surface area (Å²) in [5.41, 5.74) is 8.77. The molecule has 0 radical (unpaired) electrons. The van der Waals surface area contributed by atoms with Crippen LogP contribution in [0.25, 0.3) is 0 Å². The second-order valence-electron chi connectivity index (χ2n) is 3.11. The van der Waals surface area contributed by atoms with Gasteiger partial charge in [0.2, 0.25) is 0 Å². The van der Waals surface area contributed by atoms with Crippen LogP contribution in [0.15, 0.2) is 0 Å². The number of hydrazine groups is 1. The third kappa shape index (κ3) is 3.82. The second kappa shape index (κ2) is 4.66. The van der Waals surface area contributed by atoms with Gasteiger partial charge in [-0.25, -0.2) is 0 Å². The van der Waals surface area contributed by atoms with Gasteiger partial charge in [0, 0.05) is 26.7 Å². The van der Waals surface area contributed by atoms with E-state index < -0.39 is 0 Å². The van der Waals surface area contributed by atoms with E-state index in [9.17, 15) is 0 Å². The standard InChI is InChI=1S/C7H19N3/c1-6(2)7(5-8)9-10(3)4/h6-7,9H,5,8H2,1-4H3. The highest BCUT2D eigenvalue weighted by molar-refractivity contribution is 4.68. The van der Waals surface area contributed by atoms with Crippen LogP contribution in [0.5, 0.6) is 0 Å². The summed E-state index contributed by atoms with van der Waals surface area (Å²) >= 11 is 0. The van der Waals surface area contributed by atoms with Gasteiger partial charge in [-0.1, -0.05) is 13.8 Å². The fourth-order valence-electron chi connectivity index (χ4n) is 0.806. The first-order valence-electron chi connectivity index (χ1n) is 3.71. The number of nitrogens with one attached hydrogen (secondary N) is 1. The smallest absolute Gasteiger partial charge is 0.0360 e. The van der Waals surface area contributed by atoms with Crippen molar-refractivity contribution >= 4 is 0 Å². The summed E-state index contributed by atoms with van der Waals surface area (Å²) in [5, 5.41) is 1.94. The van der Waals surface area contributed by atoms with Crippen molar-refractivity contribution in [3.05, 3.63) is 0 Å². The minimum Gasteiger partial charge on any atom is -0.329 e. The molecule has 0 fully saturated rings. The molecule has 0 aliphatic heterocycles. The van der Waals surface area contributed by atoms with Crippen molar-refractivity contribution < 1.29 is 0 Å². The van der Waals surface area contributed by atoms with Gasteiger partial charge in [0.25, 0.3) is 0 Å². The lowest BCUT2D eigenvalue weighted by Crippen LogP contribution is -2.46. The first-order valence-corrected chi connectivity index (χ1v) is 3.71. The molecule has 0 aromatic heterocycles. The molecule has 0 aromatic carbocycles. The SMILES string of the molecule is CC(C)C(CN)NN(C)C. The molecule has 0 saturated heterocycles. The molecular formula is C7H19N3. The third-order valence-electron chi connectivity index (χ3n) is 1.48. The summed E-state index contributed by atoms with van der Waals surface area (Å²) in [6, 6.07) is 0.398. The van der Waals surface area contributed by atoms with Crippen molar-refractivity contribution in [2.45, 2.75) is 19.9 Å². The van der Waals surface area contributed by atoms with Crippen LogP contribution in [0.4, 0.5) is 0 Å². The van der Waals surface area contributed by atoms with Gasteiger partial charge in [-0.05, 0) is 5.92 Å². The normalized spacial score (nSPS) is 14.7. The fourth-order valence-corrected chi connectivity index (χ4v) is 0.806. The molecule has 0 saturated carbocycles. The van der Waals surface area contributed by atoms with E-state index in [2.05, 4.69) is 19.3 Å². The van der Waals surface area contributed by atoms with E-state index >= 15 is 0 Å². The molecule has 3 N–H and O–H groups in total. The molecule has 0 heterocycles. The molecule has 1 atom stereocenters. The molecule has 0 amide bonds. The van der Waals surface area contributed by atoms with Crippen molar-refractivity contribution in [3.8, 4) is 0 Å². The van der Waals surface area contributed by atoms with Crippen LogP contribution in [-0.2, 0) is 0 Å². The summed E-state index contributed by atoms with van der Waals surface area (Å²) in [4.78, 5) is 0. The Morgan fingerprint density at radius 3 is 2.00 bits per heavy atom. The van der Waals surface area contributed by atoms with Crippen molar-refractivity contribution in [3.63, 3.8) is 0 Å². The molecule has 62 valence electrons. The molecular weight excluding hydrogens is 126 g/mol. The first-order chi connectivity index (χ1) is 4.57. The molecule has 10 heavy (non-hydrogen) atoms. The monoisotopic (exact) mass is 145 g/mol. The number of nitrogens with zero attached hydrogens (tertiary/aromatic N) is 1. The third-order valence-corrected chi connectivity index (χ3v) is 1.48. The van der Waals surface area contributed by atoms with Gasteiger partial charge in [0.05, 0.1) is 0 Å². The van der Waals surface area contributed by atoms with Crippen LogP contribution < -0.4 is 11.2 Å². The summed E-state index contributed by atoms with van der Waals surface area (Å²) in [5.74, 6) is 0.590. The van der Waals surface area contributed by atoms with E-state index in [0.29, 0.717) is 18.5 Å². The highest BCUT2D eigenvalue weighted by Gasteiger charge is 2.10. The predicted octanol–water partition coefficient (Wildman–Crippen LogP) is 0.0359. The van der Waals surface area contributed by atoms with E-state index in [4.69, 9.17) is 5.73 Å². The van der Waals surface area contributed by atoms with Gasteiger partial charge < -0.3 is 5.73 Å². The maximum atomic E-state index is 5.53. The van der Waals surface area contributed by atoms with Crippen molar-refractivity contribution in [1.82, 2.24) is 10.4 Å². The maximum absolute atomic E-state index is 5.53. The van der Waals surface area contributed by atoms with Crippen molar-refractivity contribution in [2.24, 2.45) is 11.7 Å². The minimum absolute atomic E-state index is 0.398. The molecule has 0 aliphatic rings. The van der Waals surface area contributed by atoms with Crippen LogP contribution in [0.2, 0.25) is 0 Å². The lowest BCUT2D eigenvalue weighted by Gasteiger charge is -2.24. The zero-order chi connectivity index (χ0) is 8.15. The fraction of sp³-hybridized carbons (Fsp3) is 1.00. The van der Waals surface area contributed by atoms with E-state index in [1.54, 1.807) is 0 Å². The number of hydrogen-bond donors (Lipinski definition) is 2. The Bertz CT molecular complexity index is 80.9. The van der Waals surface area contributed by atoms with E-state index in [0.717, 1.165) is 0 Å². The van der Waals surface area contributed by atoms with Crippen LogP contribution in [0.1, 0.15) is 13.8 Å². The second-order valence-corrected chi connectivity index (χ2v) is 3.11. The topological polar surface area (TPSA) is 41.3 Å². The van der Waals surface area contributed by atoms with E-state index in [1.165, 1.54) is 0 Å². The van der Waals surface area contributed by atoms with Gasteiger partial charge in [-0.3, -0.25) is 10.4 Å². The van der Waals surface area contributed by atoms with Gasteiger partial charge in [0.15, 0.2) is 0 Å². The Kier molecular flexibility index (Phi) is 4.60. The van der Waals surface area contributed by atoms with Crippen LogP contribution in [0.3, 0.4) is 0 Å². The van der Waals surface area contributed by atoms with E-state index in [1.807, 2.05) is 19.1 Å². The number of nitrogens with two attached hydrogens (primary N) is 1. The first kappa shape index (κ1) is 9.88. The predicted molar refractivity (Wildman–Crippen MR) is 44.5 cm³/mol. The van der Waals surface area contributed by atoms with Gasteiger partial charge in [-0.2, -0.15) is 0 Å². The molecule has 3 heteroatoms. The molecule has 1 unspecified atom stereocenters. The summed E-state index contributed by atoms with van der Waals surface area (Å²) in [7, 11) is 3.95. The van der Waals surface area contributed by atoms with Gasteiger partial charge in [0.1, 0.15) is 0 Å². The van der Waals surface area contributed by atoms with Crippen molar-refractivity contribution in [1.29, 1.82) is 0 Å². The number of hydrogen-bond acceptors (Lipinski definition) is 3. The molecule has 3 nitrogen and oxygen atoms in total. The molecule has 0 aromatic rings. The Hall–Kier alpha value is -0.120. The Morgan fingerprint density at radius 2 is 1.90 bits per heavy atom. The van der Waals surface area contributed by atoms with Crippen LogP contribution >= 0.6 is 0 Å². The average Bonchev–Trinajstić information content (AvgIpc) is 1.81. The summed E-state index contributed by atoms with van der Waals surface area (Å²) in [6.07, 6.45) is 0. The van der Waals surface area contributed by atoms with Crippen molar-refractivity contribution in [2.75, 3.05) is 20.6 Å². The summed E-state index contributed by atoms with van der Waals surface area (Å²) < 4.78 is 0. The quantitative estimate of drug-likeness (QED) is 0.549. The zero-order valence-corrected chi connectivity index (χ0v) is 7.39. The highest BCUT2D eigenvalue weighted by Crippen LogP contribution is 1.98. The molecule has 0 bridgehead atoms. The lowest BCUT2D eigenvalue weighted by atomic mass is 10.1. The molecule has 0 spiro atoms. The maximum Gasteiger partial charge on any atom is 0.0360 e. The highest BCUT2D eigenvalue weighted by atomic mass is 15.5. The largest absolute Gasteiger partial charge is 0.329 e. The van der Waals surface area contributed by atoms with Gasteiger partial charge >= 0.3 is 0 Å². The van der Waals surface area contributed by atoms with Crippen LogP contribution in [0, 0.1) is 5.92 Å². The summed E-state index contributed by atoms with van der Waals surface area (Å²) in [6.45, 7) is 5.01. The number of rotatable bonds is 4. The van der Waals surface area contributed by atoms with E-state index in [-0.39, 0.29) is 0 Å². The average molecular weight is 145 g/mol. The minimum atomic E-state index is 0.398. The lowest BCUT2D eigenvalue weighted by molar-refractivity contribution is 0.212. The molecule has 0 rings (SSSR count). The molecule has 0 aliphatic carbocycles.